The minimum Gasteiger partial charge on any atom is -0.310 e. The lowest BCUT2D eigenvalue weighted by molar-refractivity contribution is 0.641. The van der Waals surface area contributed by atoms with E-state index in [0.717, 1.165) is 27.1 Å². The lowest BCUT2D eigenvalue weighted by Gasteiger charge is -2.30. The van der Waals surface area contributed by atoms with Crippen molar-refractivity contribution < 1.29 is 0 Å². The van der Waals surface area contributed by atoms with Crippen LogP contribution in [0.15, 0.2) is 162 Å². The predicted molar refractivity (Wildman–Crippen MR) is 191 cm³/mol. The molecule has 0 bridgehead atoms. The summed E-state index contributed by atoms with van der Waals surface area (Å²) in [6.45, 7) is 9.18. The Kier molecular flexibility index (Phi) is 8.29. The molecule has 0 saturated heterocycles. The van der Waals surface area contributed by atoms with E-state index in [1.165, 1.54) is 27.8 Å². The van der Waals surface area contributed by atoms with Gasteiger partial charge in [-0.2, -0.15) is 0 Å². The Morgan fingerprint density at radius 3 is 1.20 bits per heavy atom. The standard InChI is InChI=1S/C42H38BrN/c1-41(2,32-16-10-6-11-17-32)34-20-24-36(25-21-34)44(38-28-29-40(43)39(30-38)31-14-8-5-9-15-31)37-26-22-35(23-27-37)42(3,4)33-18-12-7-13-19-33/h5-30H,1-4H3. The molecule has 0 atom stereocenters. The molecular weight excluding hydrogens is 598 g/mol. The van der Waals surface area contributed by atoms with Crippen LogP contribution in [0.4, 0.5) is 17.1 Å². The van der Waals surface area contributed by atoms with Crippen molar-refractivity contribution in [2.24, 2.45) is 0 Å². The highest BCUT2D eigenvalue weighted by molar-refractivity contribution is 9.10. The molecule has 0 radical (unpaired) electrons. The zero-order chi connectivity index (χ0) is 30.7. The minimum atomic E-state index is -0.104. The fourth-order valence-corrected chi connectivity index (χ4v) is 6.51. The Morgan fingerprint density at radius 1 is 0.409 bits per heavy atom. The monoisotopic (exact) mass is 635 g/mol. The third-order valence-electron chi connectivity index (χ3n) is 8.98. The highest BCUT2D eigenvalue weighted by Gasteiger charge is 2.25. The molecule has 0 heterocycles. The molecule has 1 nitrogen and oxygen atoms in total. The fraction of sp³-hybridized carbons (Fsp3) is 0.143. The number of hydrogen-bond acceptors (Lipinski definition) is 1. The summed E-state index contributed by atoms with van der Waals surface area (Å²) >= 11 is 3.82. The molecule has 218 valence electrons. The number of rotatable bonds is 8. The van der Waals surface area contributed by atoms with E-state index in [1.54, 1.807) is 0 Å². The molecule has 6 rings (SSSR count). The van der Waals surface area contributed by atoms with Crippen LogP contribution in [0.3, 0.4) is 0 Å². The highest BCUT2D eigenvalue weighted by Crippen LogP contribution is 2.41. The van der Waals surface area contributed by atoms with Gasteiger partial charge in [0.05, 0.1) is 0 Å². The van der Waals surface area contributed by atoms with Crippen LogP contribution >= 0.6 is 15.9 Å². The zero-order valence-electron chi connectivity index (χ0n) is 25.8. The number of nitrogens with zero attached hydrogens (tertiary/aromatic N) is 1. The topological polar surface area (TPSA) is 3.24 Å². The summed E-state index contributed by atoms with van der Waals surface area (Å²) in [4.78, 5) is 2.36. The van der Waals surface area contributed by atoms with Crippen molar-refractivity contribution in [2.45, 2.75) is 38.5 Å². The Balaban J connectivity index is 1.43. The molecule has 2 heteroatoms. The number of hydrogen-bond donors (Lipinski definition) is 0. The van der Waals surface area contributed by atoms with Gasteiger partial charge in [-0.3, -0.25) is 0 Å². The lowest BCUT2D eigenvalue weighted by Crippen LogP contribution is -2.19. The van der Waals surface area contributed by atoms with E-state index in [0.29, 0.717) is 0 Å². The molecule has 0 saturated carbocycles. The van der Waals surface area contributed by atoms with E-state index in [2.05, 4.69) is 206 Å². The maximum absolute atomic E-state index is 3.82. The van der Waals surface area contributed by atoms with Crippen LogP contribution in [0.25, 0.3) is 11.1 Å². The second-order valence-corrected chi connectivity index (χ2v) is 13.3. The zero-order valence-corrected chi connectivity index (χ0v) is 27.4. The lowest BCUT2D eigenvalue weighted by atomic mass is 9.78. The Labute approximate surface area is 271 Å². The number of anilines is 3. The second-order valence-electron chi connectivity index (χ2n) is 12.4. The second kappa shape index (κ2) is 12.3. The molecule has 0 amide bonds. The first-order chi connectivity index (χ1) is 21.2. The van der Waals surface area contributed by atoms with Crippen molar-refractivity contribution in [3.8, 4) is 11.1 Å². The van der Waals surface area contributed by atoms with Gasteiger partial charge in [-0.05, 0) is 75.8 Å². The van der Waals surface area contributed by atoms with E-state index in [1.807, 2.05) is 0 Å². The summed E-state index contributed by atoms with van der Waals surface area (Å²) < 4.78 is 1.08. The summed E-state index contributed by atoms with van der Waals surface area (Å²) in [7, 11) is 0. The van der Waals surface area contributed by atoms with Crippen LogP contribution in [0, 0.1) is 0 Å². The van der Waals surface area contributed by atoms with E-state index in [4.69, 9.17) is 0 Å². The van der Waals surface area contributed by atoms with Crippen molar-refractivity contribution in [2.75, 3.05) is 4.90 Å². The van der Waals surface area contributed by atoms with Gasteiger partial charge in [0.25, 0.3) is 0 Å². The summed E-state index contributed by atoms with van der Waals surface area (Å²) in [6.07, 6.45) is 0. The SMILES string of the molecule is CC(C)(c1ccccc1)c1ccc(N(c2ccc(C(C)(C)c3ccccc3)cc2)c2ccc(Br)c(-c3ccccc3)c2)cc1. The smallest absolute Gasteiger partial charge is 0.0468 e. The van der Waals surface area contributed by atoms with Gasteiger partial charge in [-0.25, -0.2) is 0 Å². The molecule has 0 aliphatic rings. The van der Waals surface area contributed by atoms with Crippen LogP contribution in [0.2, 0.25) is 0 Å². The maximum atomic E-state index is 3.82. The highest BCUT2D eigenvalue weighted by atomic mass is 79.9. The fourth-order valence-electron chi connectivity index (χ4n) is 6.04. The number of halogens is 1. The molecule has 0 aliphatic heterocycles. The average Bonchev–Trinajstić information content (AvgIpc) is 3.07. The first-order valence-electron chi connectivity index (χ1n) is 15.2. The van der Waals surface area contributed by atoms with Crippen molar-refractivity contribution >= 4 is 33.0 Å². The molecule has 0 aromatic heterocycles. The normalized spacial score (nSPS) is 11.8. The Morgan fingerprint density at radius 2 is 0.773 bits per heavy atom. The van der Waals surface area contributed by atoms with Gasteiger partial charge >= 0.3 is 0 Å². The van der Waals surface area contributed by atoms with Gasteiger partial charge in [0.1, 0.15) is 0 Å². The van der Waals surface area contributed by atoms with Gasteiger partial charge in [0.15, 0.2) is 0 Å². The van der Waals surface area contributed by atoms with Crippen LogP contribution in [0.1, 0.15) is 49.9 Å². The quantitative estimate of drug-likeness (QED) is 0.161. The van der Waals surface area contributed by atoms with Crippen molar-refractivity contribution in [3.63, 3.8) is 0 Å². The molecule has 6 aromatic rings. The molecule has 6 aromatic carbocycles. The molecule has 0 N–H and O–H groups in total. The molecule has 0 unspecified atom stereocenters. The first-order valence-corrected chi connectivity index (χ1v) is 16.0. The van der Waals surface area contributed by atoms with Gasteiger partial charge in [0, 0.05) is 32.4 Å². The first kappa shape index (κ1) is 29.7. The molecule has 44 heavy (non-hydrogen) atoms. The predicted octanol–water partition coefficient (Wildman–Crippen LogP) is 12.2. The third kappa shape index (κ3) is 5.87. The van der Waals surface area contributed by atoms with Gasteiger partial charge in [-0.1, -0.05) is 159 Å². The minimum absolute atomic E-state index is 0.104. The van der Waals surface area contributed by atoms with E-state index in [9.17, 15) is 0 Å². The van der Waals surface area contributed by atoms with Gasteiger partial charge < -0.3 is 4.90 Å². The summed E-state index contributed by atoms with van der Waals surface area (Å²) in [5.74, 6) is 0. The van der Waals surface area contributed by atoms with Crippen LogP contribution in [0.5, 0.6) is 0 Å². The maximum Gasteiger partial charge on any atom is 0.0468 e. The Hall–Kier alpha value is -4.40. The molecule has 0 aliphatic carbocycles. The molecule has 0 spiro atoms. The van der Waals surface area contributed by atoms with E-state index < -0.39 is 0 Å². The third-order valence-corrected chi connectivity index (χ3v) is 9.67. The summed E-state index contributed by atoms with van der Waals surface area (Å²) in [6, 6.07) is 56.8. The van der Waals surface area contributed by atoms with Gasteiger partial charge in [-0.15, -0.1) is 0 Å². The van der Waals surface area contributed by atoms with E-state index in [-0.39, 0.29) is 10.8 Å². The largest absolute Gasteiger partial charge is 0.310 e. The van der Waals surface area contributed by atoms with Gasteiger partial charge in [0.2, 0.25) is 0 Å². The Bertz CT molecular complexity index is 1730. The van der Waals surface area contributed by atoms with Crippen LogP contribution < -0.4 is 4.90 Å². The summed E-state index contributed by atoms with van der Waals surface area (Å²) in [5.41, 5.74) is 10.7. The molecular formula is C42H38BrN. The van der Waals surface area contributed by atoms with Crippen LogP contribution in [-0.2, 0) is 10.8 Å². The van der Waals surface area contributed by atoms with Crippen molar-refractivity contribution in [3.05, 3.63) is 184 Å². The average molecular weight is 637 g/mol. The number of benzene rings is 6. The van der Waals surface area contributed by atoms with Crippen molar-refractivity contribution in [1.29, 1.82) is 0 Å². The van der Waals surface area contributed by atoms with Crippen molar-refractivity contribution in [1.82, 2.24) is 0 Å². The molecule has 0 fully saturated rings. The van der Waals surface area contributed by atoms with Crippen LogP contribution in [-0.4, -0.2) is 0 Å². The van der Waals surface area contributed by atoms with E-state index >= 15 is 0 Å². The summed E-state index contributed by atoms with van der Waals surface area (Å²) in [5, 5.41) is 0.